The molecule has 0 saturated carbocycles. The van der Waals surface area contributed by atoms with E-state index in [9.17, 15) is 9.18 Å². The number of carbonyl (C=O) groups excluding carboxylic acids is 1. The summed E-state index contributed by atoms with van der Waals surface area (Å²) in [6.45, 7) is 0. The third kappa shape index (κ3) is 1.37. The van der Waals surface area contributed by atoms with E-state index >= 15 is 0 Å². The number of nitrogens with one attached hydrogen (secondary N) is 1. The molecule has 0 saturated heterocycles. The maximum Gasteiger partial charge on any atom is 0.253 e. The third-order valence-corrected chi connectivity index (χ3v) is 1.52. The fourth-order valence-electron chi connectivity index (χ4n) is 0.870. The van der Waals surface area contributed by atoms with Gasteiger partial charge in [0.05, 0.1) is 11.3 Å². The summed E-state index contributed by atoms with van der Waals surface area (Å²) in [7, 11) is 1.46. The summed E-state index contributed by atoms with van der Waals surface area (Å²) in [5.74, 6) is -0.955. The summed E-state index contributed by atoms with van der Waals surface area (Å²) >= 11 is 0. The van der Waals surface area contributed by atoms with Crippen LogP contribution in [-0.2, 0) is 0 Å². The van der Waals surface area contributed by atoms with Crippen LogP contribution in [0.5, 0.6) is 0 Å². The number of nitrogen functional groups attached to an aromatic ring is 1. The van der Waals surface area contributed by atoms with Crippen molar-refractivity contribution >= 4 is 11.6 Å². The molecule has 0 radical (unpaired) electrons. The Hall–Kier alpha value is -1.58. The molecule has 4 heteroatoms. The summed E-state index contributed by atoms with van der Waals surface area (Å²) < 4.78 is 12.8. The molecule has 1 aromatic rings. The average Bonchev–Trinajstić information content (AvgIpc) is 2.08. The van der Waals surface area contributed by atoms with Crippen molar-refractivity contribution in [3.63, 3.8) is 0 Å². The van der Waals surface area contributed by atoms with Crippen molar-refractivity contribution in [1.82, 2.24) is 5.32 Å². The second-order valence-electron chi connectivity index (χ2n) is 2.28. The molecule has 0 aromatic heterocycles. The topological polar surface area (TPSA) is 55.1 Å². The largest absolute Gasteiger partial charge is 0.396 e. The van der Waals surface area contributed by atoms with Crippen LogP contribution in [0.1, 0.15) is 10.4 Å². The van der Waals surface area contributed by atoms with Gasteiger partial charge in [-0.2, -0.15) is 0 Å². The van der Waals surface area contributed by atoms with Crippen molar-refractivity contribution in [2.45, 2.75) is 0 Å². The first-order valence-electron chi connectivity index (χ1n) is 3.43. The Bertz CT molecular complexity index is 312. The fourth-order valence-corrected chi connectivity index (χ4v) is 0.870. The van der Waals surface area contributed by atoms with Crippen LogP contribution in [0.2, 0.25) is 0 Å². The predicted octanol–water partition coefficient (Wildman–Crippen LogP) is 0.768. The number of hydrogen-bond donors (Lipinski definition) is 2. The molecule has 0 fully saturated rings. The minimum absolute atomic E-state index is 0.114. The standard InChI is InChI=1S/C8H9FN2O/c1-11-8(12)5-3-2-4-6(9)7(5)10/h2-4H,10H2,1H3,(H,11,12). The first-order valence-corrected chi connectivity index (χ1v) is 3.43. The van der Waals surface area contributed by atoms with E-state index in [1.165, 1.54) is 25.2 Å². The van der Waals surface area contributed by atoms with Gasteiger partial charge in [0, 0.05) is 7.05 Å². The maximum atomic E-state index is 12.8. The highest BCUT2D eigenvalue weighted by Gasteiger charge is 2.09. The van der Waals surface area contributed by atoms with Crippen LogP contribution >= 0.6 is 0 Å². The molecule has 64 valence electrons. The molecule has 1 rings (SSSR count). The molecule has 1 aromatic carbocycles. The third-order valence-electron chi connectivity index (χ3n) is 1.52. The van der Waals surface area contributed by atoms with Crippen molar-refractivity contribution in [3.8, 4) is 0 Å². The summed E-state index contributed by atoms with van der Waals surface area (Å²) in [5.41, 5.74) is 5.37. The van der Waals surface area contributed by atoms with Crippen molar-refractivity contribution in [1.29, 1.82) is 0 Å². The summed E-state index contributed by atoms with van der Waals surface area (Å²) in [6, 6.07) is 4.12. The summed E-state index contributed by atoms with van der Waals surface area (Å²) in [5, 5.41) is 2.36. The van der Waals surface area contributed by atoms with Gasteiger partial charge in [-0.3, -0.25) is 4.79 Å². The van der Waals surface area contributed by atoms with Crippen molar-refractivity contribution in [2.75, 3.05) is 12.8 Å². The summed E-state index contributed by atoms with van der Waals surface area (Å²) in [6.07, 6.45) is 0. The Morgan fingerprint density at radius 3 is 2.83 bits per heavy atom. The quantitative estimate of drug-likeness (QED) is 0.608. The zero-order valence-corrected chi connectivity index (χ0v) is 6.60. The molecule has 0 bridgehead atoms. The van der Waals surface area contributed by atoms with E-state index in [2.05, 4.69) is 5.32 Å². The smallest absolute Gasteiger partial charge is 0.253 e. The van der Waals surface area contributed by atoms with Gasteiger partial charge in [-0.1, -0.05) is 6.07 Å². The number of nitrogens with two attached hydrogens (primary N) is 1. The molecule has 0 aliphatic heterocycles. The molecule has 0 aliphatic carbocycles. The Morgan fingerprint density at radius 2 is 2.25 bits per heavy atom. The van der Waals surface area contributed by atoms with Gasteiger partial charge in [0.1, 0.15) is 5.82 Å². The molecule has 3 nitrogen and oxygen atoms in total. The normalized spacial score (nSPS) is 9.50. The van der Waals surface area contributed by atoms with E-state index < -0.39 is 5.82 Å². The zero-order valence-electron chi connectivity index (χ0n) is 6.60. The number of rotatable bonds is 1. The van der Waals surface area contributed by atoms with Crippen LogP contribution in [0.25, 0.3) is 0 Å². The Kier molecular flexibility index (Phi) is 2.28. The molecule has 0 spiro atoms. The number of hydrogen-bond acceptors (Lipinski definition) is 2. The molecule has 3 N–H and O–H groups in total. The zero-order chi connectivity index (χ0) is 9.14. The molecule has 0 unspecified atom stereocenters. The highest BCUT2D eigenvalue weighted by atomic mass is 19.1. The van der Waals surface area contributed by atoms with E-state index in [1.54, 1.807) is 0 Å². The van der Waals surface area contributed by atoms with E-state index in [4.69, 9.17) is 5.73 Å². The lowest BCUT2D eigenvalue weighted by Crippen LogP contribution is -2.19. The highest BCUT2D eigenvalue weighted by molar-refractivity contribution is 5.98. The molecular weight excluding hydrogens is 159 g/mol. The first kappa shape index (κ1) is 8.52. The van der Waals surface area contributed by atoms with E-state index in [0.717, 1.165) is 0 Å². The number of amides is 1. The number of para-hydroxylation sites is 1. The Morgan fingerprint density at radius 1 is 1.58 bits per heavy atom. The lowest BCUT2D eigenvalue weighted by molar-refractivity contribution is 0.0963. The number of anilines is 1. The lowest BCUT2D eigenvalue weighted by Gasteiger charge is -2.03. The minimum atomic E-state index is -0.573. The van der Waals surface area contributed by atoms with Gasteiger partial charge in [0.25, 0.3) is 5.91 Å². The van der Waals surface area contributed by atoms with Gasteiger partial charge in [0.15, 0.2) is 0 Å². The van der Waals surface area contributed by atoms with Crippen LogP contribution in [-0.4, -0.2) is 13.0 Å². The van der Waals surface area contributed by atoms with E-state index in [-0.39, 0.29) is 17.2 Å². The van der Waals surface area contributed by atoms with Crippen LogP contribution in [0, 0.1) is 5.82 Å². The fraction of sp³-hybridized carbons (Fsp3) is 0.125. The monoisotopic (exact) mass is 168 g/mol. The molecule has 12 heavy (non-hydrogen) atoms. The van der Waals surface area contributed by atoms with Gasteiger partial charge >= 0.3 is 0 Å². The van der Waals surface area contributed by atoms with Crippen LogP contribution in [0.4, 0.5) is 10.1 Å². The lowest BCUT2D eigenvalue weighted by atomic mass is 10.1. The van der Waals surface area contributed by atoms with Gasteiger partial charge < -0.3 is 11.1 Å². The SMILES string of the molecule is CNC(=O)c1cccc(F)c1N. The average molecular weight is 168 g/mol. The van der Waals surface area contributed by atoms with Gasteiger partial charge in [-0.05, 0) is 12.1 Å². The molecule has 0 aliphatic rings. The molecular formula is C8H9FN2O. The number of halogens is 1. The van der Waals surface area contributed by atoms with Crippen molar-refractivity contribution in [3.05, 3.63) is 29.6 Å². The van der Waals surface area contributed by atoms with Crippen LogP contribution in [0.3, 0.4) is 0 Å². The van der Waals surface area contributed by atoms with Crippen LogP contribution in [0.15, 0.2) is 18.2 Å². The second kappa shape index (κ2) is 3.21. The summed E-state index contributed by atoms with van der Waals surface area (Å²) in [4.78, 5) is 11.0. The first-order chi connectivity index (χ1) is 5.66. The minimum Gasteiger partial charge on any atom is -0.396 e. The Balaban J connectivity index is 3.16. The van der Waals surface area contributed by atoms with E-state index in [0.29, 0.717) is 0 Å². The van der Waals surface area contributed by atoms with Crippen LogP contribution < -0.4 is 11.1 Å². The number of carbonyl (C=O) groups is 1. The van der Waals surface area contributed by atoms with Crippen molar-refractivity contribution in [2.24, 2.45) is 0 Å². The van der Waals surface area contributed by atoms with Gasteiger partial charge in [0.2, 0.25) is 0 Å². The highest BCUT2D eigenvalue weighted by Crippen LogP contribution is 2.14. The molecule has 0 atom stereocenters. The van der Waals surface area contributed by atoms with Gasteiger partial charge in [-0.25, -0.2) is 4.39 Å². The Labute approximate surface area is 69.4 Å². The second-order valence-corrected chi connectivity index (χ2v) is 2.28. The number of benzene rings is 1. The van der Waals surface area contributed by atoms with E-state index in [1.807, 2.05) is 0 Å². The maximum absolute atomic E-state index is 12.8. The van der Waals surface area contributed by atoms with Crippen molar-refractivity contribution < 1.29 is 9.18 Å². The molecule has 0 heterocycles. The van der Waals surface area contributed by atoms with Gasteiger partial charge in [-0.15, -0.1) is 0 Å². The molecule has 1 amide bonds. The predicted molar refractivity (Wildman–Crippen MR) is 44.2 cm³/mol.